The number of carboxylic acids is 1. The maximum Gasteiger partial charge on any atom is 0.339 e. The van der Waals surface area contributed by atoms with Crippen LogP contribution in [0.1, 0.15) is 81.6 Å². The average Bonchev–Trinajstić information content (AvgIpc) is 2.51. The molecule has 1 aromatic rings. The summed E-state index contributed by atoms with van der Waals surface area (Å²) in [5.74, 6) is 0.371. The minimum atomic E-state index is -0.907. The van der Waals surface area contributed by atoms with E-state index in [1.807, 2.05) is 12.1 Å². The summed E-state index contributed by atoms with van der Waals surface area (Å²) in [5.41, 5.74) is 1.38. The molecule has 0 amide bonds. The van der Waals surface area contributed by atoms with Gasteiger partial charge >= 0.3 is 5.97 Å². The van der Waals surface area contributed by atoms with Crippen LogP contribution in [0.2, 0.25) is 0 Å². The molecule has 130 valence electrons. The Morgan fingerprint density at radius 1 is 1.13 bits per heavy atom. The van der Waals surface area contributed by atoms with Crippen LogP contribution in [0.3, 0.4) is 0 Å². The number of rotatable bonds is 12. The van der Waals surface area contributed by atoms with E-state index in [1.54, 1.807) is 6.07 Å². The van der Waals surface area contributed by atoms with Crippen molar-refractivity contribution in [3.63, 3.8) is 0 Å². The highest BCUT2D eigenvalue weighted by molar-refractivity contribution is 5.91. The summed E-state index contributed by atoms with van der Waals surface area (Å²) >= 11 is 0. The van der Waals surface area contributed by atoms with Gasteiger partial charge in [-0.15, -0.1) is 0 Å². The molecular weight excluding hydrogens is 288 g/mol. The molecule has 0 spiro atoms. The van der Waals surface area contributed by atoms with Crippen LogP contribution in [-0.2, 0) is 6.42 Å². The fourth-order valence-corrected chi connectivity index (χ4v) is 2.59. The number of hydrogen-bond acceptors (Lipinski definition) is 2. The summed E-state index contributed by atoms with van der Waals surface area (Å²) in [7, 11) is 0. The first kappa shape index (κ1) is 19.5. The average molecular weight is 320 g/mol. The lowest BCUT2D eigenvalue weighted by Crippen LogP contribution is -2.05. The molecule has 3 nitrogen and oxygen atoms in total. The molecule has 0 atom stereocenters. The van der Waals surface area contributed by atoms with Gasteiger partial charge in [0.25, 0.3) is 0 Å². The smallest absolute Gasteiger partial charge is 0.339 e. The molecule has 0 saturated heterocycles. The molecule has 0 unspecified atom stereocenters. The Balaban J connectivity index is 2.47. The fraction of sp³-hybridized carbons (Fsp3) is 0.650. The zero-order valence-corrected chi connectivity index (χ0v) is 14.9. The van der Waals surface area contributed by atoms with Crippen molar-refractivity contribution in [2.24, 2.45) is 5.92 Å². The standard InChI is InChI=1S/C20H32O3/c1-4-5-14-23-19-13-12-17(15-18(19)20(21)22)11-9-7-6-8-10-16(2)3/h12-13,15-16H,4-11,14H2,1-3H3,(H,21,22). The molecule has 0 fully saturated rings. The van der Waals surface area contributed by atoms with Gasteiger partial charge in [0.2, 0.25) is 0 Å². The SMILES string of the molecule is CCCCOc1ccc(CCCCCCC(C)C)cc1C(=O)O. The van der Waals surface area contributed by atoms with Gasteiger partial charge in [-0.05, 0) is 42.9 Å². The second kappa shape index (κ2) is 11.1. The molecule has 0 aliphatic carbocycles. The van der Waals surface area contributed by atoms with Gasteiger partial charge in [0.1, 0.15) is 11.3 Å². The van der Waals surface area contributed by atoms with E-state index in [-0.39, 0.29) is 0 Å². The van der Waals surface area contributed by atoms with Gasteiger partial charge < -0.3 is 9.84 Å². The number of aryl methyl sites for hydroxylation is 1. The van der Waals surface area contributed by atoms with E-state index in [0.717, 1.165) is 37.2 Å². The predicted octanol–water partition coefficient (Wildman–Crippen LogP) is 5.71. The van der Waals surface area contributed by atoms with Gasteiger partial charge in [-0.1, -0.05) is 58.9 Å². The van der Waals surface area contributed by atoms with Crippen LogP contribution in [-0.4, -0.2) is 17.7 Å². The third-order valence-corrected chi connectivity index (χ3v) is 4.03. The number of hydrogen-bond donors (Lipinski definition) is 1. The molecule has 23 heavy (non-hydrogen) atoms. The summed E-state index contributed by atoms with van der Waals surface area (Å²) in [6.07, 6.45) is 9.11. The van der Waals surface area contributed by atoms with Crippen LogP contribution in [0, 0.1) is 5.92 Å². The second-order valence-electron chi connectivity index (χ2n) is 6.68. The van der Waals surface area contributed by atoms with Crippen molar-refractivity contribution in [3.8, 4) is 5.75 Å². The van der Waals surface area contributed by atoms with E-state index >= 15 is 0 Å². The van der Waals surface area contributed by atoms with Gasteiger partial charge in [-0.2, -0.15) is 0 Å². The highest BCUT2D eigenvalue weighted by Crippen LogP contribution is 2.22. The molecule has 0 heterocycles. The summed E-state index contributed by atoms with van der Waals surface area (Å²) in [5, 5.41) is 9.36. The highest BCUT2D eigenvalue weighted by atomic mass is 16.5. The zero-order valence-electron chi connectivity index (χ0n) is 14.9. The van der Waals surface area contributed by atoms with E-state index in [4.69, 9.17) is 4.74 Å². The molecule has 0 aliphatic heterocycles. The predicted molar refractivity (Wildman–Crippen MR) is 95.4 cm³/mol. The maximum absolute atomic E-state index is 11.4. The largest absolute Gasteiger partial charge is 0.493 e. The first-order valence-electron chi connectivity index (χ1n) is 9.03. The van der Waals surface area contributed by atoms with Gasteiger partial charge in [0, 0.05) is 0 Å². The van der Waals surface area contributed by atoms with E-state index in [2.05, 4.69) is 20.8 Å². The number of carbonyl (C=O) groups is 1. The normalized spacial score (nSPS) is 11.0. The number of unbranched alkanes of at least 4 members (excludes halogenated alkanes) is 4. The van der Waals surface area contributed by atoms with Crippen molar-refractivity contribution in [2.45, 2.75) is 72.1 Å². The number of benzene rings is 1. The summed E-state index contributed by atoms with van der Waals surface area (Å²) < 4.78 is 5.59. The number of ether oxygens (including phenoxy) is 1. The summed E-state index contributed by atoms with van der Waals surface area (Å²) in [4.78, 5) is 11.4. The lowest BCUT2D eigenvalue weighted by Gasteiger charge is -2.11. The van der Waals surface area contributed by atoms with E-state index < -0.39 is 5.97 Å². The molecule has 0 saturated carbocycles. The van der Waals surface area contributed by atoms with Gasteiger partial charge in [0.05, 0.1) is 6.61 Å². The summed E-state index contributed by atoms with van der Waals surface area (Å²) in [6, 6.07) is 5.59. The Kier molecular flexibility index (Phi) is 9.42. The molecule has 0 aliphatic rings. The van der Waals surface area contributed by atoms with Crippen molar-refractivity contribution < 1.29 is 14.6 Å². The van der Waals surface area contributed by atoms with E-state index in [0.29, 0.717) is 17.9 Å². The third kappa shape index (κ3) is 8.06. The molecule has 0 aromatic heterocycles. The minimum absolute atomic E-state index is 0.290. The van der Waals surface area contributed by atoms with Crippen molar-refractivity contribution in [1.82, 2.24) is 0 Å². The minimum Gasteiger partial charge on any atom is -0.493 e. The van der Waals surface area contributed by atoms with Crippen LogP contribution in [0.4, 0.5) is 0 Å². The Labute approximate surface area is 141 Å². The Morgan fingerprint density at radius 3 is 2.52 bits per heavy atom. The van der Waals surface area contributed by atoms with Crippen molar-refractivity contribution in [2.75, 3.05) is 6.61 Å². The van der Waals surface area contributed by atoms with Crippen molar-refractivity contribution >= 4 is 5.97 Å². The van der Waals surface area contributed by atoms with E-state index in [9.17, 15) is 9.90 Å². The zero-order chi connectivity index (χ0) is 17.1. The summed E-state index contributed by atoms with van der Waals surface area (Å²) in [6.45, 7) is 7.19. The second-order valence-corrected chi connectivity index (χ2v) is 6.68. The monoisotopic (exact) mass is 320 g/mol. The third-order valence-electron chi connectivity index (χ3n) is 4.03. The molecule has 0 radical (unpaired) electrons. The van der Waals surface area contributed by atoms with Gasteiger partial charge in [-0.25, -0.2) is 4.79 Å². The van der Waals surface area contributed by atoms with Crippen LogP contribution < -0.4 is 4.74 Å². The van der Waals surface area contributed by atoms with Crippen LogP contribution in [0.5, 0.6) is 5.75 Å². The van der Waals surface area contributed by atoms with Crippen molar-refractivity contribution in [1.29, 1.82) is 0 Å². The van der Waals surface area contributed by atoms with Gasteiger partial charge in [0.15, 0.2) is 0 Å². The first-order chi connectivity index (χ1) is 11.0. The van der Waals surface area contributed by atoms with Gasteiger partial charge in [-0.3, -0.25) is 0 Å². The molecule has 3 heteroatoms. The molecule has 1 aromatic carbocycles. The Morgan fingerprint density at radius 2 is 1.87 bits per heavy atom. The number of carboxylic acid groups (broad SMARTS) is 1. The maximum atomic E-state index is 11.4. The quantitative estimate of drug-likeness (QED) is 0.501. The van der Waals surface area contributed by atoms with Crippen LogP contribution in [0.15, 0.2) is 18.2 Å². The van der Waals surface area contributed by atoms with Crippen molar-refractivity contribution in [3.05, 3.63) is 29.3 Å². The topological polar surface area (TPSA) is 46.5 Å². The Hall–Kier alpha value is -1.51. The Bertz CT molecular complexity index is 466. The first-order valence-corrected chi connectivity index (χ1v) is 9.03. The van der Waals surface area contributed by atoms with Crippen LogP contribution >= 0.6 is 0 Å². The lowest BCUT2D eigenvalue weighted by atomic mass is 10.0. The highest BCUT2D eigenvalue weighted by Gasteiger charge is 2.12. The molecule has 1 N–H and O–H groups in total. The molecule has 1 rings (SSSR count). The molecule has 0 bridgehead atoms. The fourth-order valence-electron chi connectivity index (χ4n) is 2.59. The van der Waals surface area contributed by atoms with Crippen LogP contribution in [0.25, 0.3) is 0 Å². The lowest BCUT2D eigenvalue weighted by molar-refractivity contribution is 0.0692. The number of aromatic carboxylic acids is 1. The molecular formula is C20H32O3. The van der Waals surface area contributed by atoms with E-state index in [1.165, 1.54) is 25.7 Å².